The van der Waals surface area contributed by atoms with Crippen LogP contribution >= 0.6 is 0 Å². The first-order chi connectivity index (χ1) is 12.2. The van der Waals surface area contributed by atoms with Gasteiger partial charge in [0.05, 0.1) is 0 Å². The van der Waals surface area contributed by atoms with Crippen molar-refractivity contribution in [1.82, 2.24) is 0 Å². The number of Topliss-reactive ketones (excluding diaryl/α,β-unsaturated/α-hetero) is 2. The van der Waals surface area contributed by atoms with Crippen LogP contribution in [0, 0.1) is 5.92 Å². The molecule has 1 atom stereocenters. The molecule has 0 aromatic heterocycles. The van der Waals surface area contributed by atoms with Crippen molar-refractivity contribution in [3.05, 3.63) is 66.3 Å². The van der Waals surface area contributed by atoms with E-state index in [4.69, 9.17) is 0 Å². The number of hydrogen-bond acceptors (Lipinski definition) is 3. The second-order valence-electron chi connectivity index (χ2n) is 6.67. The average molecular weight is 478 g/mol. The van der Waals surface area contributed by atoms with Gasteiger partial charge in [0.15, 0.2) is 0 Å². The zero-order valence-corrected chi connectivity index (χ0v) is 18.6. The second-order valence-corrected chi connectivity index (χ2v) is 12.9. The number of carbonyl (C=O) groups is 2. The first kappa shape index (κ1) is 19.3. The molecular formula is C21H20O3Se2-. The van der Waals surface area contributed by atoms with Gasteiger partial charge in [-0.05, 0) is 0 Å². The van der Waals surface area contributed by atoms with E-state index in [2.05, 4.69) is 26.0 Å². The van der Waals surface area contributed by atoms with E-state index in [1.54, 1.807) is 6.08 Å². The molecule has 3 rings (SSSR count). The first-order valence-electron chi connectivity index (χ1n) is 8.40. The second kappa shape index (κ2) is 7.62. The van der Waals surface area contributed by atoms with Crippen LogP contribution in [0.5, 0.6) is 0 Å². The maximum atomic E-state index is 12.8. The monoisotopic (exact) mass is 480 g/mol. The Morgan fingerprint density at radius 2 is 1.62 bits per heavy atom. The van der Waals surface area contributed by atoms with Crippen LogP contribution in [0.4, 0.5) is 0 Å². The summed E-state index contributed by atoms with van der Waals surface area (Å²) < 4.78 is 5.03. The summed E-state index contributed by atoms with van der Waals surface area (Å²) in [5.41, 5.74) is 1.84. The zero-order chi connectivity index (χ0) is 19.0. The molecule has 2 heterocycles. The summed E-state index contributed by atoms with van der Waals surface area (Å²) in [5, 5.41) is 12.4. The normalized spacial score (nSPS) is 23.5. The summed E-state index contributed by atoms with van der Waals surface area (Å²) in [6.45, 7) is 8.23. The van der Waals surface area contributed by atoms with Gasteiger partial charge in [-0.25, -0.2) is 0 Å². The molecule has 3 nitrogen and oxygen atoms in total. The Morgan fingerprint density at radius 1 is 0.962 bits per heavy atom. The van der Waals surface area contributed by atoms with Crippen LogP contribution < -0.4 is 5.11 Å². The standard InChI is InChI=1S/C21H21O3Se2/c1-11-5-15(6-12(2)25-11)9-17-19(22)18(21(24)20(17)23)10-16-7-13(3)26-14(4)8-16/h5-9,18,23H,10H2,1-4H3/p-1. The van der Waals surface area contributed by atoms with Crippen LogP contribution in [0.3, 0.4) is 0 Å². The maximum absolute atomic E-state index is 12.8. The molecule has 1 aliphatic carbocycles. The van der Waals surface area contributed by atoms with E-state index in [0.717, 1.165) is 11.1 Å². The number of rotatable bonds is 3. The third-order valence-electron chi connectivity index (χ3n) is 4.28. The van der Waals surface area contributed by atoms with Gasteiger partial charge in [-0.15, -0.1) is 0 Å². The van der Waals surface area contributed by atoms with Crippen LogP contribution in [-0.4, -0.2) is 45.5 Å². The summed E-state index contributed by atoms with van der Waals surface area (Å²) in [7, 11) is 0. The Hall–Kier alpha value is -1.51. The Morgan fingerprint density at radius 3 is 2.23 bits per heavy atom. The van der Waals surface area contributed by atoms with Gasteiger partial charge >= 0.3 is 166 Å². The molecule has 0 fully saturated rings. The van der Waals surface area contributed by atoms with Crippen LogP contribution in [0.15, 0.2) is 66.3 Å². The molecule has 3 aliphatic rings. The van der Waals surface area contributed by atoms with E-state index >= 15 is 0 Å². The third-order valence-corrected chi connectivity index (χ3v) is 7.97. The molecular weight excluding hydrogens is 458 g/mol. The van der Waals surface area contributed by atoms with Crippen molar-refractivity contribution in [1.29, 1.82) is 0 Å². The van der Waals surface area contributed by atoms with E-state index in [1.165, 1.54) is 17.8 Å². The molecule has 0 saturated heterocycles. The molecule has 1 radical (unpaired) electrons. The predicted molar refractivity (Wildman–Crippen MR) is 105 cm³/mol. The molecule has 5 heteroatoms. The Labute approximate surface area is 166 Å². The van der Waals surface area contributed by atoms with Crippen LogP contribution in [0.2, 0.25) is 0 Å². The van der Waals surface area contributed by atoms with Gasteiger partial charge < -0.3 is 0 Å². The topological polar surface area (TPSA) is 57.2 Å². The minimum atomic E-state index is -0.869. The van der Waals surface area contributed by atoms with E-state index in [0.29, 0.717) is 35.9 Å². The first-order valence-corrected chi connectivity index (χ1v) is 11.8. The number of ketones is 2. The summed E-state index contributed by atoms with van der Waals surface area (Å²) >= 11 is 0.680. The molecule has 0 bridgehead atoms. The fourth-order valence-corrected chi connectivity index (χ4v) is 7.17. The third kappa shape index (κ3) is 4.07. The predicted octanol–water partition coefficient (Wildman–Crippen LogP) is 1.95. The van der Waals surface area contributed by atoms with Crippen molar-refractivity contribution in [2.45, 2.75) is 34.1 Å². The van der Waals surface area contributed by atoms with Gasteiger partial charge in [0.25, 0.3) is 0 Å². The molecule has 0 amide bonds. The summed E-state index contributed by atoms with van der Waals surface area (Å²) in [4.78, 5) is 25.2. The van der Waals surface area contributed by atoms with Crippen molar-refractivity contribution in [2.75, 3.05) is 0 Å². The Bertz CT molecular complexity index is 898. The molecule has 0 aromatic rings. The van der Waals surface area contributed by atoms with Gasteiger partial charge in [-0.1, -0.05) is 0 Å². The van der Waals surface area contributed by atoms with Gasteiger partial charge in [-0.3, -0.25) is 0 Å². The van der Waals surface area contributed by atoms with Crippen molar-refractivity contribution >= 4 is 45.5 Å². The molecule has 2 aliphatic heterocycles. The number of hydrogen-bond donors (Lipinski definition) is 0. The number of allylic oxidation sites excluding steroid dienone is 12. The Kier molecular flexibility index (Phi) is 5.64. The molecule has 135 valence electrons. The van der Waals surface area contributed by atoms with E-state index in [9.17, 15) is 14.7 Å². The van der Waals surface area contributed by atoms with E-state index in [1.807, 2.05) is 26.0 Å². The molecule has 0 spiro atoms. The van der Waals surface area contributed by atoms with Crippen LogP contribution in [-0.2, 0) is 9.59 Å². The summed E-state index contributed by atoms with van der Waals surface area (Å²) in [5.74, 6) is -2.40. The minimum absolute atomic E-state index is 0.0412. The quantitative estimate of drug-likeness (QED) is 0.461. The molecule has 0 N–H and O–H groups in total. The van der Waals surface area contributed by atoms with Crippen molar-refractivity contribution < 1.29 is 14.7 Å². The van der Waals surface area contributed by atoms with Gasteiger partial charge in [0.1, 0.15) is 0 Å². The molecule has 26 heavy (non-hydrogen) atoms. The number of carbonyl (C=O) groups excluding carboxylic acids is 2. The molecule has 0 saturated carbocycles. The van der Waals surface area contributed by atoms with Crippen molar-refractivity contribution in [3.8, 4) is 0 Å². The molecule has 1 unspecified atom stereocenters. The SMILES string of the molecule is CC1=CC(=CC2=C([O-])C(=O)C(CC3=CC(C)=[Se]C(C)=C3)C2=O)C=C(C)[Se]1. The van der Waals surface area contributed by atoms with E-state index < -0.39 is 17.5 Å². The summed E-state index contributed by atoms with van der Waals surface area (Å²) in [6, 6.07) is 0. The van der Waals surface area contributed by atoms with Crippen molar-refractivity contribution in [2.24, 2.45) is 5.92 Å². The Balaban J connectivity index is 1.87. The van der Waals surface area contributed by atoms with Gasteiger partial charge in [0.2, 0.25) is 0 Å². The van der Waals surface area contributed by atoms with Gasteiger partial charge in [0, 0.05) is 0 Å². The zero-order valence-electron chi connectivity index (χ0n) is 15.2. The van der Waals surface area contributed by atoms with E-state index in [-0.39, 0.29) is 11.4 Å². The van der Waals surface area contributed by atoms with Crippen LogP contribution in [0.25, 0.3) is 0 Å². The van der Waals surface area contributed by atoms with Gasteiger partial charge in [-0.2, -0.15) is 0 Å². The van der Waals surface area contributed by atoms with Crippen molar-refractivity contribution in [3.63, 3.8) is 0 Å². The fourth-order valence-electron chi connectivity index (χ4n) is 3.34. The summed E-state index contributed by atoms with van der Waals surface area (Å²) in [6.07, 6.45) is 10.0. The fraction of sp³-hybridized carbons (Fsp3) is 0.286. The van der Waals surface area contributed by atoms with Crippen LogP contribution in [0.1, 0.15) is 34.1 Å². The molecule has 0 aromatic carbocycles. The average Bonchev–Trinajstić information content (AvgIpc) is 2.71.